The van der Waals surface area contributed by atoms with E-state index >= 15 is 0 Å². The first-order valence-corrected chi connectivity index (χ1v) is 7.31. The number of aromatic nitrogens is 1. The van der Waals surface area contributed by atoms with Gasteiger partial charge in [0, 0.05) is 31.2 Å². The molecule has 1 aromatic carbocycles. The molecule has 1 aromatic heterocycles. The zero-order valence-corrected chi connectivity index (χ0v) is 12.5. The van der Waals surface area contributed by atoms with Gasteiger partial charge in [-0.15, -0.1) is 0 Å². The number of ether oxygens (including phenoxy) is 1. The SMILES string of the molecule is COc1ccc(N(CCCN)CCc2ccncc2)cc1. The number of hydrogen-bond acceptors (Lipinski definition) is 4. The zero-order valence-electron chi connectivity index (χ0n) is 12.5. The summed E-state index contributed by atoms with van der Waals surface area (Å²) < 4.78 is 5.21. The van der Waals surface area contributed by atoms with Gasteiger partial charge in [-0.1, -0.05) is 0 Å². The fraction of sp³-hybridized carbons (Fsp3) is 0.353. The standard InChI is InChI=1S/C17H23N3O/c1-21-17-5-3-16(4-6-17)20(13-2-10-18)14-9-15-7-11-19-12-8-15/h3-8,11-12H,2,9-10,13-14,18H2,1H3. The maximum Gasteiger partial charge on any atom is 0.119 e. The molecule has 0 fully saturated rings. The van der Waals surface area contributed by atoms with Crippen LogP contribution >= 0.6 is 0 Å². The van der Waals surface area contributed by atoms with E-state index in [1.165, 1.54) is 11.3 Å². The Morgan fingerprint density at radius 2 is 1.76 bits per heavy atom. The van der Waals surface area contributed by atoms with Gasteiger partial charge in [-0.25, -0.2) is 0 Å². The number of benzene rings is 1. The molecule has 2 N–H and O–H groups in total. The van der Waals surface area contributed by atoms with E-state index in [4.69, 9.17) is 10.5 Å². The molecule has 0 saturated heterocycles. The topological polar surface area (TPSA) is 51.4 Å². The molecule has 4 nitrogen and oxygen atoms in total. The molecule has 1 heterocycles. The monoisotopic (exact) mass is 285 g/mol. The second-order valence-corrected chi connectivity index (χ2v) is 4.93. The van der Waals surface area contributed by atoms with Gasteiger partial charge in [0.25, 0.3) is 0 Å². The molecule has 0 radical (unpaired) electrons. The molecule has 0 amide bonds. The molecular formula is C17H23N3O. The van der Waals surface area contributed by atoms with Gasteiger partial charge in [-0.05, 0) is 61.3 Å². The molecule has 21 heavy (non-hydrogen) atoms. The minimum absolute atomic E-state index is 0.710. The second-order valence-electron chi connectivity index (χ2n) is 4.93. The fourth-order valence-electron chi connectivity index (χ4n) is 2.26. The number of nitrogens with zero attached hydrogens (tertiary/aromatic N) is 2. The Balaban J connectivity index is 2.02. The molecule has 0 aliphatic heterocycles. The van der Waals surface area contributed by atoms with Crippen LogP contribution in [0.3, 0.4) is 0 Å². The molecule has 4 heteroatoms. The largest absolute Gasteiger partial charge is 0.497 e. The van der Waals surface area contributed by atoms with E-state index in [1.54, 1.807) is 7.11 Å². The van der Waals surface area contributed by atoms with Gasteiger partial charge in [-0.3, -0.25) is 4.98 Å². The summed E-state index contributed by atoms with van der Waals surface area (Å²) in [5, 5.41) is 0. The average Bonchev–Trinajstić information content (AvgIpc) is 2.56. The Kier molecular flexibility index (Phi) is 6.03. The van der Waals surface area contributed by atoms with E-state index in [0.717, 1.165) is 31.7 Å². The van der Waals surface area contributed by atoms with Gasteiger partial charge in [0.1, 0.15) is 5.75 Å². The van der Waals surface area contributed by atoms with Crippen LogP contribution in [0.25, 0.3) is 0 Å². The lowest BCUT2D eigenvalue weighted by Crippen LogP contribution is -2.28. The highest BCUT2D eigenvalue weighted by Crippen LogP contribution is 2.19. The lowest BCUT2D eigenvalue weighted by Gasteiger charge is -2.25. The average molecular weight is 285 g/mol. The maximum absolute atomic E-state index is 5.65. The van der Waals surface area contributed by atoms with Crippen LogP contribution in [-0.2, 0) is 6.42 Å². The zero-order chi connectivity index (χ0) is 14.9. The summed E-state index contributed by atoms with van der Waals surface area (Å²) >= 11 is 0. The van der Waals surface area contributed by atoms with Crippen molar-refractivity contribution in [2.75, 3.05) is 31.6 Å². The predicted molar refractivity (Wildman–Crippen MR) is 86.8 cm³/mol. The Bertz CT molecular complexity index is 513. The van der Waals surface area contributed by atoms with Crippen LogP contribution in [0.1, 0.15) is 12.0 Å². The molecular weight excluding hydrogens is 262 g/mol. The van der Waals surface area contributed by atoms with Crippen molar-refractivity contribution in [3.63, 3.8) is 0 Å². The number of methoxy groups -OCH3 is 1. The van der Waals surface area contributed by atoms with Crippen molar-refractivity contribution in [2.24, 2.45) is 5.73 Å². The molecule has 0 aliphatic carbocycles. The van der Waals surface area contributed by atoms with E-state index in [-0.39, 0.29) is 0 Å². The molecule has 0 atom stereocenters. The molecule has 2 rings (SSSR count). The van der Waals surface area contributed by atoms with Crippen molar-refractivity contribution in [2.45, 2.75) is 12.8 Å². The minimum Gasteiger partial charge on any atom is -0.497 e. The third kappa shape index (κ3) is 4.76. The highest BCUT2D eigenvalue weighted by atomic mass is 16.5. The molecule has 0 unspecified atom stereocenters. The van der Waals surface area contributed by atoms with Crippen molar-refractivity contribution >= 4 is 5.69 Å². The van der Waals surface area contributed by atoms with Crippen molar-refractivity contribution in [1.29, 1.82) is 0 Å². The Morgan fingerprint density at radius 1 is 1.05 bits per heavy atom. The Morgan fingerprint density at radius 3 is 2.38 bits per heavy atom. The van der Waals surface area contributed by atoms with Crippen molar-refractivity contribution < 1.29 is 4.74 Å². The first-order valence-electron chi connectivity index (χ1n) is 7.31. The normalized spacial score (nSPS) is 10.4. The lowest BCUT2D eigenvalue weighted by atomic mass is 10.1. The fourth-order valence-corrected chi connectivity index (χ4v) is 2.26. The van der Waals surface area contributed by atoms with E-state index in [0.29, 0.717) is 6.54 Å². The third-order valence-corrected chi connectivity index (χ3v) is 3.49. The van der Waals surface area contributed by atoms with Gasteiger partial charge < -0.3 is 15.4 Å². The summed E-state index contributed by atoms with van der Waals surface area (Å²) in [6.07, 6.45) is 5.67. The number of hydrogen-bond donors (Lipinski definition) is 1. The van der Waals surface area contributed by atoms with Crippen molar-refractivity contribution in [3.05, 3.63) is 54.4 Å². The van der Waals surface area contributed by atoms with Gasteiger partial charge in [0.05, 0.1) is 7.11 Å². The summed E-state index contributed by atoms with van der Waals surface area (Å²) in [4.78, 5) is 6.42. The first-order chi connectivity index (χ1) is 10.3. The minimum atomic E-state index is 0.710. The smallest absolute Gasteiger partial charge is 0.119 e. The van der Waals surface area contributed by atoms with E-state index < -0.39 is 0 Å². The summed E-state index contributed by atoms with van der Waals surface area (Å²) in [6.45, 7) is 2.65. The van der Waals surface area contributed by atoms with Gasteiger partial charge >= 0.3 is 0 Å². The second kappa shape index (κ2) is 8.27. The molecule has 0 spiro atoms. The summed E-state index contributed by atoms with van der Waals surface area (Å²) in [5.41, 5.74) is 8.16. The van der Waals surface area contributed by atoms with E-state index in [9.17, 15) is 0 Å². The molecule has 0 bridgehead atoms. The van der Waals surface area contributed by atoms with Crippen LogP contribution in [0.2, 0.25) is 0 Å². The van der Waals surface area contributed by atoms with Crippen molar-refractivity contribution in [1.82, 2.24) is 4.98 Å². The quantitative estimate of drug-likeness (QED) is 0.809. The third-order valence-electron chi connectivity index (χ3n) is 3.49. The Hall–Kier alpha value is -2.07. The number of pyridine rings is 1. The highest BCUT2D eigenvalue weighted by molar-refractivity contribution is 5.49. The number of rotatable bonds is 8. The van der Waals surface area contributed by atoms with Gasteiger partial charge in [0.15, 0.2) is 0 Å². The summed E-state index contributed by atoms with van der Waals surface area (Å²) in [6, 6.07) is 12.3. The first kappa shape index (κ1) is 15.3. The number of anilines is 1. The molecule has 0 saturated carbocycles. The molecule has 0 aliphatic rings. The van der Waals surface area contributed by atoms with E-state index in [2.05, 4.69) is 34.1 Å². The molecule has 112 valence electrons. The summed E-state index contributed by atoms with van der Waals surface area (Å²) in [5.74, 6) is 0.881. The van der Waals surface area contributed by atoms with Crippen LogP contribution in [-0.4, -0.2) is 31.7 Å². The van der Waals surface area contributed by atoms with Crippen LogP contribution in [0, 0.1) is 0 Å². The van der Waals surface area contributed by atoms with Crippen molar-refractivity contribution in [3.8, 4) is 5.75 Å². The van der Waals surface area contributed by atoms with Crippen LogP contribution in [0.15, 0.2) is 48.8 Å². The van der Waals surface area contributed by atoms with Gasteiger partial charge in [0.2, 0.25) is 0 Å². The van der Waals surface area contributed by atoms with Crippen LogP contribution < -0.4 is 15.4 Å². The molecule has 2 aromatic rings. The number of nitrogens with two attached hydrogens (primary N) is 1. The van der Waals surface area contributed by atoms with E-state index in [1.807, 2.05) is 24.5 Å². The maximum atomic E-state index is 5.65. The highest BCUT2D eigenvalue weighted by Gasteiger charge is 2.06. The lowest BCUT2D eigenvalue weighted by molar-refractivity contribution is 0.415. The van der Waals surface area contributed by atoms with Crippen LogP contribution in [0.4, 0.5) is 5.69 Å². The Labute approximate surface area is 126 Å². The predicted octanol–water partition coefficient (Wildman–Crippen LogP) is 2.49. The van der Waals surface area contributed by atoms with Gasteiger partial charge in [-0.2, -0.15) is 0 Å². The summed E-state index contributed by atoms with van der Waals surface area (Å²) in [7, 11) is 1.69. The van der Waals surface area contributed by atoms with Crippen LogP contribution in [0.5, 0.6) is 5.75 Å².